The second-order valence-electron chi connectivity index (χ2n) is 4.16. The third-order valence-electron chi connectivity index (χ3n) is 2.65. The molecule has 0 spiro atoms. The first-order chi connectivity index (χ1) is 8.65. The van der Waals surface area contributed by atoms with Gasteiger partial charge in [0.15, 0.2) is 0 Å². The first kappa shape index (κ1) is 14.3. The molecule has 6 heteroatoms. The maximum atomic E-state index is 11.4. The Morgan fingerprint density at radius 1 is 1.11 bits per heavy atom. The summed E-state index contributed by atoms with van der Waals surface area (Å²) in [6, 6.07) is 0. The van der Waals surface area contributed by atoms with Crippen molar-refractivity contribution in [3.8, 4) is 0 Å². The van der Waals surface area contributed by atoms with Gasteiger partial charge in [-0.15, -0.1) is 5.06 Å². The van der Waals surface area contributed by atoms with Crippen LogP contribution in [-0.2, 0) is 24.0 Å². The van der Waals surface area contributed by atoms with E-state index >= 15 is 0 Å². The van der Waals surface area contributed by atoms with E-state index in [1.54, 1.807) is 0 Å². The van der Waals surface area contributed by atoms with E-state index in [0.29, 0.717) is 17.9 Å². The maximum Gasteiger partial charge on any atom is 0.333 e. The minimum Gasteiger partial charge on any atom is -0.330 e. The Bertz CT molecular complexity index is 323. The number of hydroxylamine groups is 2. The van der Waals surface area contributed by atoms with Gasteiger partial charge in [-0.2, -0.15) is 0 Å². The van der Waals surface area contributed by atoms with Gasteiger partial charge in [-0.1, -0.05) is 12.8 Å². The highest BCUT2D eigenvalue weighted by atomic mass is 16.7. The van der Waals surface area contributed by atoms with E-state index in [1.807, 2.05) is 0 Å². The van der Waals surface area contributed by atoms with E-state index in [4.69, 9.17) is 4.84 Å². The van der Waals surface area contributed by atoms with Crippen molar-refractivity contribution in [3.05, 3.63) is 0 Å². The molecule has 0 bridgehead atoms. The van der Waals surface area contributed by atoms with Crippen LogP contribution in [0.3, 0.4) is 0 Å². The molecule has 1 heterocycles. The molecule has 6 nitrogen and oxygen atoms in total. The molecule has 0 unspecified atom stereocenters. The van der Waals surface area contributed by atoms with Crippen LogP contribution in [0.2, 0.25) is 0 Å². The smallest absolute Gasteiger partial charge is 0.330 e. The molecule has 0 aromatic heterocycles. The largest absolute Gasteiger partial charge is 0.333 e. The van der Waals surface area contributed by atoms with Gasteiger partial charge in [0.2, 0.25) is 0 Å². The summed E-state index contributed by atoms with van der Waals surface area (Å²) in [5, 5.41) is 0.564. The van der Waals surface area contributed by atoms with E-state index in [0.717, 1.165) is 25.5 Å². The number of carbonyl (C=O) groups is 4. The SMILES string of the molecule is O=CCCCCCCC(=O)ON1C(=O)CCC1=O. The highest BCUT2D eigenvalue weighted by Crippen LogP contribution is 2.13. The molecule has 1 aliphatic heterocycles. The van der Waals surface area contributed by atoms with Gasteiger partial charge in [0.05, 0.1) is 0 Å². The number of rotatable bonds is 8. The third-order valence-corrected chi connectivity index (χ3v) is 2.65. The average Bonchev–Trinajstić information content (AvgIpc) is 2.65. The molecule has 1 aliphatic rings. The number of nitrogens with zero attached hydrogens (tertiary/aromatic N) is 1. The van der Waals surface area contributed by atoms with Crippen molar-refractivity contribution in [2.75, 3.05) is 0 Å². The fourth-order valence-electron chi connectivity index (χ4n) is 1.66. The Hall–Kier alpha value is -1.72. The molecule has 0 aliphatic carbocycles. The number of imide groups is 1. The highest BCUT2D eigenvalue weighted by Gasteiger charge is 2.32. The van der Waals surface area contributed by atoms with Gasteiger partial charge in [0.1, 0.15) is 6.29 Å². The summed E-state index contributed by atoms with van der Waals surface area (Å²) >= 11 is 0. The summed E-state index contributed by atoms with van der Waals surface area (Å²) in [5.74, 6) is -1.48. The molecule has 18 heavy (non-hydrogen) atoms. The number of amides is 2. The van der Waals surface area contributed by atoms with Gasteiger partial charge in [-0.3, -0.25) is 9.59 Å². The molecular formula is C12H17NO5. The molecule has 1 fully saturated rings. The summed E-state index contributed by atoms with van der Waals surface area (Å²) in [7, 11) is 0. The van der Waals surface area contributed by atoms with Crippen molar-refractivity contribution < 1.29 is 24.0 Å². The zero-order valence-electron chi connectivity index (χ0n) is 10.2. The number of carbonyl (C=O) groups excluding carboxylic acids is 4. The molecule has 0 aromatic carbocycles. The standard InChI is InChI=1S/C12H17NO5/c14-9-5-3-1-2-4-6-12(17)18-13-10(15)7-8-11(13)16/h9H,1-8H2. The summed E-state index contributed by atoms with van der Waals surface area (Å²) in [4.78, 5) is 48.4. The van der Waals surface area contributed by atoms with Crippen LogP contribution in [0.25, 0.3) is 0 Å². The predicted octanol–water partition coefficient (Wildman–Crippen LogP) is 1.13. The van der Waals surface area contributed by atoms with E-state index < -0.39 is 17.8 Å². The molecule has 0 aromatic rings. The fourth-order valence-corrected chi connectivity index (χ4v) is 1.66. The van der Waals surface area contributed by atoms with Crippen molar-refractivity contribution in [1.82, 2.24) is 5.06 Å². The molecular weight excluding hydrogens is 238 g/mol. The molecule has 0 radical (unpaired) electrons. The van der Waals surface area contributed by atoms with Crippen molar-refractivity contribution in [2.24, 2.45) is 0 Å². The topological polar surface area (TPSA) is 80.8 Å². The fraction of sp³-hybridized carbons (Fsp3) is 0.667. The minimum atomic E-state index is -0.561. The zero-order valence-corrected chi connectivity index (χ0v) is 10.2. The summed E-state index contributed by atoms with van der Waals surface area (Å²) in [6.07, 6.45) is 4.97. The Morgan fingerprint density at radius 3 is 2.33 bits per heavy atom. The zero-order chi connectivity index (χ0) is 13.4. The Labute approximate surface area is 105 Å². The Kier molecular flexibility index (Phi) is 6.04. The number of hydrogen-bond donors (Lipinski definition) is 0. The Morgan fingerprint density at radius 2 is 1.72 bits per heavy atom. The van der Waals surface area contributed by atoms with Gasteiger partial charge < -0.3 is 9.63 Å². The van der Waals surface area contributed by atoms with Crippen LogP contribution in [-0.4, -0.2) is 29.1 Å². The minimum absolute atomic E-state index is 0.109. The van der Waals surface area contributed by atoms with Crippen LogP contribution < -0.4 is 0 Å². The van der Waals surface area contributed by atoms with Gasteiger partial charge in [0.25, 0.3) is 11.8 Å². The number of hydrogen-bond acceptors (Lipinski definition) is 5. The number of aldehydes is 1. The lowest BCUT2D eigenvalue weighted by molar-refractivity contribution is -0.197. The van der Waals surface area contributed by atoms with Crippen LogP contribution in [0.1, 0.15) is 51.4 Å². The van der Waals surface area contributed by atoms with Crippen LogP contribution in [0, 0.1) is 0 Å². The molecule has 2 amide bonds. The molecule has 100 valence electrons. The van der Waals surface area contributed by atoms with Crippen LogP contribution in [0.4, 0.5) is 0 Å². The number of unbranched alkanes of at least 4 members (excludes halogenated alkanes) is 4. The Balaban J connectivity index is 2.12. The van der Waals surface area contributed by atoms with Crippen LogP contribution in [0.5, 0.6) is 0 Å². The van der Waals surface area contributed by atoms with E-state index in [-0.39, 0.29) is 19.3 Å². The van der Waals surface area contributed by atoms with Crippen molar-refractivity contribution in [1.29, 1.82) is 0 Å². The van der Waals surface area contributed by atoms with Gasteiger partial charge in [-0.05, 0) is 12.8 Å². The summed E-state index contributed by atoms with van der Waals surface area (Å²) < 4.78 is 0. The van der Waals surface area contributed by atoms with Crippen molar-refractivity contribution in [3.63, 3.8) is 0 Å². The monoisotopic (exact) mass is 255 g/mol. The lowest BCUT2D eigenvalue weighted by atomic mass is 10.1. The molecule has 0 saturated carbocycles. The van der Waals surface area contributed by atoms with Crippen molar-refractivity contribution in [2.45, 2.75) is 51.4 Å². The van der Waals surface area contributed by atoms with Crippen molar-refractivity contribution >= 4 is 24.1 Å². The van der Waals surface area contributed by atoms with Crippen LogP contribution >= 0.6 is 0 Å². The lowest BCUT2D eigenvalue weighted by Crippen LogP contribution is -2.31. The molecule has 1 saturated heterocycles. The second-order valence-corrected chi connectivity index (χ2v) is 4.16. The van der Waals surface area contributed by atoms with Gasteiger partial charge in [0, 0.05) is 25.7 Å². The quantitative estimate of drug-likeness (QED) is 0.369. The molecule has 1 rings (SSSR count). The normalized spacial score (nSPS) is 15.0. The predicted molar refractivity (Wildman–Crippen MR) is 60.9 cm³/mol. The third kappa shape index (κ3) is 4.65. The highest BCUT2D eigenvalue weighted by molar-refractivity contribution is 6.01. The second kappa shape index (κ2) is 7.58. The first-order valence-electron chi connectivity index (χ1n) is 6.15. The van der Waals surface area contributed by atoms with Gasteiger partial charge >= 0.3 is 5.97 Å². The first-order valence-corrected chi connectivity index (χ1v) is 6.15. The van der Waals surface area contributed by atoms with Gasteiger partial charge in [-0.25, -0.2) is 4.79 Å². The van der Waals surface area contributed by atoms with E-state index in [9.17, 15) is 19.2 Å². The molecule has 0 N–H and O–H groups in total. The summed E-state index contributed by atoms with van der Waals surface area (Å²) in [5.41, 5.74) is 0. The average molecular weight is 255 g/mol. The summed E-state index contributed by atoms with van der Waals surface area (Å²) in [6.45, 7) is 0. The van der Waals surface area contributed by atoms with Crippen LogP contribution in [0.15, 0.2) is 0 Å². The lowest BCUT2D eigenvalue weighted by Gasteiger charge is -2.12. The van der Waals surface area contributed by atoms with E-state index in [2.05, 4.69) is 0 Å². The maximum absolute atomic E-state index is 11.4. The van der Waals surface area contributed by atoms with E-state index in [1.165, 1.54) is 0 Å². The molecule has 0 atom stereocenters.